The van der Waals surface area contributed by atoms with Crippen molar-refractivity contribution >= 4 is 50.5 Å². The van der Waals surface area contributed by atoms with E-state index in [1.54, 1.807) is 0 Å². The van der Waals surface area contributed by atoms with Gasteiger partial charge in [0, 0.05) is 0 Å². The Bertz CT molecular complexity index is 542. The summed E-state index contributed by atoms with van der Waals surface area (Å²) in [7, 11) is 0. The molecule has 2 aromatic rings. The second-order valence-electron chi connectivity index (χ2n) is 3.45. The van der Waals surface area contributed by atoms with Gasteiger partial charge in [-0.2, -0.15) is 0 Å². The maximum atomic E-state index is 6.09. The van der Waals surface area contributed by atoms with Gasteiger partial charge in [-0.05, 0) is 34.5 Å². The first-order valence-corrected chi connectivity index (χ1v) is 7.46. The van der Waals surface area contributed by atoms with Gasteiger partial charge in [-0.1, -0.05) is 36.5 Å². The minimum absolute atomic E-state index is 0.447. The number of rotatable bonds is 3. The monoisotopic (exact) mass is 350 g/mol. The molecule has 0 aromatic carbocycles. The number of aryl methyl sites for hydroxylation is 1. The van der Waals surface area contributed by atoms with Crippen molar-refractivity contribution in [2.45, 2.75) is 19.8 Å². The van der Waals surface area contributed by atoms with E-state index in [1.165, 1.54) is 11.3 Å². The Labute approximate surface area is 122 Å². The van der Waals surface area contributed by atoms with Gasteiger partial charge in [-0.25, -0.2) is 9.97 Å². The summed E-state index contributed by atoms with van der Waals surface area (Å²) in [6, 6.07) is 3.74. The SMILES string of the molecule is CCCc1nc(-c2ccc(Cl)s2)nc(Cl)c1Br. The lowest BCUT2D eigenvalue weighted by atomic mass is 10.2. The average Bonchev–Trinajstić information content (AvgIpc) is 2.71. The van der Waals surface area contributed by atoms with Crippen LogP contribution in [0.2, 0.25) is 9.49 Å². The van der Waals surface area contributed by atoms with Crippen LogP contribution < -0.4 is 0 Å². The first-order valence-electron chi connectivity index (χ1n) is 5.09. The van der Waals surface area contributed by atoms with Crippen molar-refractivity contribution in [3.05, 3.63) is 31.8 Å². The topological polar surface area (TPSA) is 25.8 Å². The standard InChI is InChI=1S/C11H9BrCl2N2S/c1-2-3-6-9(12)10(14)16-11(15-6)7-4-5-8(13)17-7/h4-5H,2-3H2,1H3. The molecule has 6 heteroatoms. The highest BCUT2D eigenvalue weighted by Gasteiger charge is 2.12. The zero-order valence-corrected chi connectivity index (χ0v) is 12.9. The Morgan fingerprint density at radius 1 is 1.29 bits per heavy atom. The van der Waals surface area contributed by atoms with Crippen LogP contribution in [0.1, 0.15) is 19.0 Å². The number of halogens is 3. The Morgan fingerprint density at radius 2 is 2.06 bits per heavy atom. The maximum absolute atomic E-state index is 6.09. The van der Waals surface area contributed by atoms with E-state index in [9.17, 15) is 0 Å². The van der Waals surface area contributed by atoms with E-state index in [0.29, 0.717) is 11.0 Å². The molecular formula is C11H9BrCl2N2S. The van der Waals surface area contributed by atoms with Crippen molar-refractivity contribution in [2.75, 3.05) is 0 Å². The molecule has 0 N–H and O–H groups in total. The first-order chi connectivity index (χ1) is 8.11. The summed E-state index contributed by atoms with van der Waals surface area (Å²) in [5, 5.41) is 0.447. The molecule has 0 amide bonds. The van der Waals surface area contributed by atoms with Crippen molar-refractivity contribution in [3.63, 3.8) is 0 Å². The molecule has 0 unspecified atom stereocenters. The predicted octanol–water partition coefficient (Wildman–Crippen LogP) is 5.23. The van der Waals surface area contributed by atoms with Crippen LogP contribution in [0, 0.1) is 0 Å². The normalized spacial score (nSPS) is 10.8. The summed E-state index contributed by atoms with van der Waals surface area (Å²) < 4.78 is 1.51. The van der Waals surface area contributed by atoms with E-state index >= 15 is 0 Å². The van der Waals surface area contributed by atoms with E-state index in [-0.39, 0.29) is 0 Å². The van der Waals surface area contributed by atoms with Crippen LogP contribution in [-0.4, -0.2) is 9.97 Å². The number of aromatic nitrogens is 2. The fourth-order valence-electron chi connectivity index (χ4n) is 1.41. The molecule has 0 spiro atoms. The van der Waals surface area contributed by atoms with Crippen LogP contribution in [0.25, 0.3) is 10.7 Å². The third-order valence-electron chi connectivity index (χ3n) is 2.16. The molecule has 2 aromatic heterocycles. The number of thiophene rings is 1. The van der Waals surface area contributed by atoms with Gasteiger partial charge < -0.3 is 0 Å². The molecule has 90 valence electrons. The summed E-state index contributed by atoms with van der Waals surface area (Å²) >= 11 is 16.9. The maximum Gasteiger partial charge on any atom is 0.171 e. The molecule has 2 heterocycles. The van der Waals surface area contributed by atoms with E-state index < -0.39 is 0 Å². The quantitative estimate of drug-likeness (QED) is 0.708. The van der Waals surface area contributed by atoms with Crippen LogP contribution in [0.4, 0.5) is 0 Å². The summed E-state index contributed by atoms with van der Waals surface area (Å²) in [5.41, 5.74) is 0.937. The summed E-state index contributed by atoms with van der Waals surface area (Å²) in [4.78, 5) is 9.71. The van der Waals surface area contributed by atoms with Gasteiger partial charge in [0.15, 0.2) is 5.82 Å². The zero-order chi connectivity index (χ0) is 12.4. The van der Waals surface area contributed by atoms with Gasteiger partial charge in [-0.3, -0.25) is 0 Å². The summed E-state index contributed by atoms with van der Waals surface area (Å²) in [6.07, 6.45) is 1.88. The minimum atomic E-state index is 0.447. The third kappa shape index (κ3) is 2.99. The van der Waals surface area contributed by atoms with Crippen LogP contribution in [0.3, 0.4) is 0 Å². The Hall–Kier alpha value is -0.160. The molecule has 0 saturated carbocycles. The van der Waals surface area contributed by atoms with E-state index in [0.717, 1.165) is 32.2 Å². The lowest BCUT2D eigenvalue weighted by Gasteiger charge is -2.05. The molecule has 0 aliphatic rings. The van der Waals surface area contributed by atoms with Crippen LogP contribution in [-0.2, 0) is 6.42 Å². The van der Waals surface area contributed by atoms with Crippen LogP contribution in [0.5, 0.6) is 0 Å². The van der Waals surface area contributed by atoms with E-state index in [2.05, 4.69) is 32.8 Å². The second-order valence-corrected chi connectivity index (χ2v) is 6.32. The van der Waals surface area contributed by atoms with Crippen molar-refractivity contribution in [1.29, 1.82) is 0 Å². The highest BCUT2D eigenvalue weighted by atomic mass is 79.9. The molecule has 0 saturated heterocycles. The minimum Gasteiger partial charge on any atom is -0.231 e. The molecule has 0 aliphatic heterocycles. The smallest absolute Gasteiger partial charge is 0.171 e. The Kier molecular flexibility index (Phi) is 4.42. The molecular weight excluding hydrogens is 343 g/mol. The molecule has 0 bridgehead atoms. The molecule has 2 nitrogen and oxygen atoms in total. The van der Waals surface area contributed by atoms with Crippen molar-refractivity contribution < 1.29 is 0 Å². The number of hydrogen-bond acceptors (Lipinski definition) is 3. The lowest BCUT2D eigenvalue weighted by molar-refractivity contribution is 0.868. The van der Waals surface area contributed by atoms with Crippen LogP contribution >= 0.6 is 50.5 Å². The zero-order valence-electron chi connectivity index (χ0n) is 9.01. The van der Waals surface area contributed by atoms with Crippen molar-refractivity contribution in [1.82, 2.24) is 9.97 Å². The summed E-state index contributed by atoms with van der Waals surface area (Å²) in [6.45, 7) is 2.10. The molecule has 2 rings (SSSR count). The molecule has 17 heavy (non-hydrogen) atoms. The highest BCUT2D eigenvalue weighted by molar-refractivity contribution is 9.10. The van der Waals surface area contributed by atoms with Gasteiger partial charge in [0.25, 0.3) is 0 Å². The number of hydrogen-bond donors (Lipinski definition) is 0. The molecule has 0 fully saturated rings. The van der Waals surface area contributed by atoms with E-state index in [4.69, 9.17) is 23.2 Å². The van der Waals surface area contributed by atoms with Gasteiger partial charge in [0.1, 0.15) is 5.15 Å². The summed E-state index contributed by atoms with van der Waals surface area (Å²) in [5.74, 6) is 0.638. The van der Waals surface area contributed by atoms with Crippen molar-refractivity contribution in [2.24, 2.45) is 0 Å². The lowest BCUT2D eigenvalue weighted by Crippen LogP contribution is -1.97. The molecule has 0 aliphatic carbocycles. The highest BCUT2D eigenvalue weighted by Crippen LogP contribution is 2.32. The van der Waals surface area contributed by atoms with Gasteiger partial charge in [0.2, 0.25) is 0 Å². The molecule has 0 radical (unpaired) electrons. The van der Waals surface area contributed by atoms with Gasteiger partial charge >= 0.3 is 0 Å². The number of nitrogens with zero attached hydrogens (tertiary/aromatic N) is 2. The third-order valence-corrected chi connectivity index (χ3v) is 4.72. The fourth-order valence-corrected chi connectivity index (χ4v) is 2.95. The second kappa shape index (κ2) is 5.65. The van der Waals surface area contributed by atoms with Gasteiger partial charge in [-0.15, -0.1) is 11.3 Å². The van der Waals surface area contributed by atoms with Crippen molar-refractivity contribution in [3.8, 4) is 10.7 Å². The average molecular weight is 352 g/mol. The Balaban J connectivity index is 2.48. The predicted molar refractivity (Wildman–Crippen MR) is 77.1 cm³/mol. The Morgan fingerprint density at radius 3 is 2.65 bits per heavy atom. The van der Waals surface area contributed by atoms with Gasteiger partial charge in [0.05, 0.1) is 19.4 Å². The largest absolute Gasteiger partial charge is 0.231 e. The molecule has 0 atom stereocenters. The van der Waals surface area contributed by atoms with Crippen LogP contribution in [0.15, 0.2) is 16.6 Å². The first kappa shape index (κ1) is 13.3. The van der Waals surface area contributed by atoms with E-state index in [1.807, 2.05) is 12.1 Å². The fraction of sp³-hybridized carbons (Fsp3) is 0.273.